The first kappa shape index (κ1) is 31.1. The van der Waals surface area contributed by atoms with Crippen LogP contribution < -0.4 is 4.90 Å². The first-order valence-electron chi connectivity index (χ1n) is 19.8. The molecule has 0 aromatic heterocycles. The van der Waals surface area contributed by atoms with Gasteiger partial charge in [0.2, 0.25) is 0 Å². The molecule has 0 N–H and O–H groups in total. The molecule has 6 aromatic rings. The summed E-state index contributed by atoms with van der Waals surface area (Å²) in [6.07, 6.45) is 12.3. The number of hydrogen-bond donors (Lipinski definition) is 0. The van der Waals surface area contributed by atoms with E-state index >= 15 is 0 Å². The second-order valence-corrected chi connectivity index (χ2v) is 16.7. The summed E-state index contributed by atoms with van der Waals surface area (Å²) in [4.78, 5) is 2.59. The Morgan fingerprint density at radius 1 is 0.569 bits per heavy atom. The molecule has 10 rings (SSSR count). The summed E-state index contributed by atoms with van der Waals surface area (Å²) in [6.45, 7) is 4.83. The summed E-state index contributed by atoms with van der Waals surface area (Å²) < 4.78 is 0. The molecule has 2 bridgehead atoms. The smallest absolute Gasteiger partial charge is 0.0540 e. The van der Waals surface area contributed by atoms with Crippen molar-refractivity contribution in [1.82, 2.24) is 0 Å². The molecule has 0 amide bonds. The average molecular weight is 664 g/mol. The zero-order valence-electron chi connectivity index (χ0n) is 30.2. The van der Waals surface area contributed by atoms with Gasteiger partial charge in [-0.15, -0.1) is 0 Å². The highest BCUT2D eigenvalue weighted by atomic mass is 15.1. The molecule has 254 valence electrons. The SMILES string of the molecule is CC1(C)c2ccccc2-c2c(-c3ccccc3)cc(N(c3ccc(C4CC5CCC4C5)cc3)c3ccc(C4CCCCC4)c4ccccc34)cc21. The Labute approximate surface area is 304 Å². The maximum Gasteiger partial charge on any atom is 0.0540 e. The topological polar surface area (TPSA) is 3.24 Å². The largest absolute Gasteiger partial charge is 0.310 e. The van der Waals surface area contributed by atoms with Gasteiger partial charge in [-0.05, 0) is 136 Å². The van der Waals surface area contributed by atoms with E-state index in [1.807, 2.05) is 0 Å². The molecule has 0 heterocycles. The Balaban J connectivity index is 1.19. The van der Waals surface area contributed by atoms with Crippen LogP contribution in [-0.2, 0) is 5.41 Å². The van der Waals surface area contributed by atoms with Crippen molar-refractivity contribution in [3.8, 4) is 22.3 Å². The third-order valence-electron chi connectivity index (χ3n) is 13.5. The van der Waals surface area contributed by atoms with E-state index in [9.17, 15) is 0 Å². The second kappa shape index (κ2) is 12.3. The van der Waals surface area contributed by atoms with E-state index in [1.54, 1.807) is 5.56 Å². The maximum absolute atomic E-state index is 2.59. The molecule has 51 heavy (non-hydrogen) atoms. The van der Waals surface area contributed by atoms with E-state index < -0.39 is 0 Å². The minimum absolute atomic E-state index is 0.115. The second-order valence-electron chi connectivity index (χ2n) is 16.7. The minimum Gasteiger partial charge on any atom is -0.310 e. The molecule has 0 spiro atoms. The number of rotatable bonds is 6. The van der Waals surface area contributed by atoms with Crippen LogP contribution in [-0.4, -0.2) is 0 Å². The zero-order chi connectivity index (χ0) is 34.1. The molecule has 0 radical (unpaired) electrons. The van der Waals surface area contributed by atoms with Crippen LogP contribution in [0.2, 0.25) is 0 Å². The van der Waals surface area contributed by atoms with Gasteiger partial charge in [0, 0.05) is 22.2 Å². The predicted molar refractivity (Wildman–Crippen MR) is 216 cm³/mol. The van der Waals surface area contributed by atoms with Crippen molar-refractivity contribution in [2.45, 2.75) is 88.9 Å². The fraction of sp³-hybridized carbons (Fsp3) is 0.320. The fourth-order valence-electron chi connectivity index (χ4n) is 11.0. The predicted octanol–water partition coefficient (Wildman–Crippen LogP) is 14.2. The highest BCUT2D eigenvalue weighted by Crippen LogP contribution is 2.56. The van der Waals surface area contributed by atoms with Gasteiger partial charge in [0.25, 0.3) is 0 Å². The minimum atomic E-state index is -0.115. The lowest BCUT2D eigenvalue weighted by Gasteiger charge is -2.31. The number of fused-ring (bicyclic) bond motifs is 6. The summed E-state index contributed by atoms with van der Waals surface area (Å²) in [5.41, 5.74) is 14.9. The molecule has 3 saturated carbocycles. The van der Waals surface area contributed by atoms with Crippen LogP contribution in [0.1, 0.15) is 106 Å². The van der Waals surface area contributed by atoms with Gasteiger partial charge in [0.05, 0.1) is 5.69 Å². The van der Waals surface area contributed by atoms with E-state index in [4.69, 9.17) is 0 Å². The summed E-state index contributed by atoms with van der Waals surface area (Å²) in [6, 6.07) is 49.2. The fourth-order valence-corrected chi connectivity index (χ4v) is 11.0. The van der Waals surface area contributed by atoms with Crippen molar-refractivity contribution in [3.63, 3.8) is 0 Å². The lowest BCUT2D eigenvalue weighted by Crippen LogP contribution is -2.17. The Bertz CT molecular complexity index is 2240. The van der Waals surface area contributed by atoms with E-state index in [0.717, 1.165) is 17.8 Å². The highest BCUT2D eigenvalue weighted by Gasteiger charge is 2.40. The lowest BCUT2D eigenvalue weighted by atomic mass is 9.81. The molecule has 3 atom stereocenters. The third-order valence-corrected chi connectivity index (χ3v) is 13.5. The third kappa shape index (κ3) is 5.10. The Kier molecular flexibility index (Phi) is 7.49. The summed E-state index contributed by atoms with van der Waals surface area (Å²) in [5.74, 6) is 3.20. The van der Waals surface area contributed by atoms with E-state index in [1.165, 1.54) is 125 Å². The maximum atomic E-state index is 2.59. The van der Waals surface area contributed by atoms with Gasteiger partial charge in [0.1, 0.15) is 0 Å². The van der Waals surface area contributed by atoms with Crippen LogP contribution >= 0.6 is 0 Å². The quantitative estimate of drug-likeness (QED) is 0.171. The van der Waals surface area contributed by atoms with Gasteiger partial charge in [-0.1, -0.05) is 137 Å². The van der Waals surface area contributed by atoms with Crippen molar-refractivity contribution < 1.29 is 0 Å². The van der Waals surface area contributed by atoms with Gasteiger partial charge in [0.15, 0.2) is 0 Å². The van der Waals surface area contributed by atoms with Crippen molar-refractivity contribution in [2.75, 3.05) is 4.90 Å². The molecule has 1 nitrogen and oxygen atoms in total. The van der Waals surface area contributed by atoms with Crippen molar-refractivity contribution in [3.05, 3.63) is 150 Å². The monoisotopic (exact) mass is 663 g/mol. The van der Waals surface area contributed by atoms with Gasteiger partial charge < -0.3 is 4.90 Å². The van der Waals surface area contributed by atoms with Gasteiger partial charge >= 0.3 is 0 Å². The standard InChI is InChI=1S/C50H49N/c1-50(2)46-20-12-11-19-43(46)49-45(35-15-7-4-8-16-35)31-39(32-47(49)50)51(38-25-23-36(24-26-38)44-30-33-21-22-37(44)29-33)48-28-27-40(34-13-5-3-6-14-34)41-17-9-10-18-42(41)48/h4,7-12,15-20,23-28,31-34,37,44H,3,5-6,13-14,21-22,29-30H2,1-2H3. The summed E-state index contributed by atoms with van der Waals surface area (Å²) >= 11 is 0. The van der Waals surface area contributed by atoms with Crippen LogP contribution in [0.15, 0.2) is 127 Å². The number of hydrogen-bond acceptors (Lipinski definition) is 1. The van der Waals surface area contributed by atoms with Crippen molar-refractivity contribution >= 4 is 27.8 Å². The molecular weight excluding hydrogens is 615 g/mol. The molecule has 6 aromatic carbocycles. The van der Waals surface area contributed by atoms with Gasteiger partial charge in [-0.2, -0.15) is 0 Å². The van der Waals surface area contributed by atoms with Crippen LogP contribution in [0.5, 0.6) is 0 Å². The first-order valence-corrected chi connectivity index (χ1v) is 19.8. The molecule has 4 aliphatic carbocycles. The van der Waals surface area contributed by atoms with Crippen LogP contribution in [0.4, 0.5) is 17.1 Å². The van der Waals surface area contributed by atoms with E-state index in [-0.39, 0.29) is 5.41 Å². The van der Waals surface area contributed by atoms with Crippen LogP contribution in [0.25, 0.3) is 33.0 Å². The Hall–Kier alpha value is -4.62. The number of anilines is 3. The van der Waals surface area contributed by atoms with Crippen LogP contribution in [0, 0.1) is 11.8 Å². The zero-order valence-corrected chi connectivity index (χ0v) is 30.2. The van der Waals surface area contributed by atoms with Crippen LogP contribution in [0.3, 0.4) is 0 Å². The van der Waals surface area contributed by atoms with Gasteiger partial charge in [-0.3, -0.25) is 0 Å². The summed E-state index contributed by atoms with van der Waals surface area (Å²) in [5, 5.41) is 2.77. The molecule has 0 saturated heterocycles. The number of benzene rings is 6. The lowest BCUT2D eigenvalue weighted by molar-refractivity contribution is 0.420. The Morgan fingerprint density at radius 3 is 2.08 bits per heavy atom. The molecule has 1 heteroatoms. The van der Waals surface area contributed by atoms with Gasteiger partial charge in [-0.25, -0.2) is 0 Å². The normalized spacial score (nSPS) is 21.9. The average Bonchev–Trinajstić information content (AvgIpc) is 3.89. The highest BCUT2D eigenvalue weighted by molar-refractivity contribution is 6.02. The van der Waals surface area contributed by atoms with E-state index in [0.29, 0.717) is 5.92 Å². The van der Waals surface area contributed by atoms with Crippen molar-refractivity contribution in [1.29, 1.82) is 0 Å². The molecule has 0 aliphatic heterocycles. The Morgan fingerprint density at radius 2 is 1.31 bits per heavy atom. The molecule has 3 unspecified atom stereocenters. The first-order chi connectivity index (χ1) is 25.0. The van der Waals surface area contributed by atoms with E-state index in [2.05, 4.69) is 146 Å². The molecular formula is C50H49N. The molecule has 4 aliphatic rings. The molecule has 3 fully saturated rings. The number of nitrogens with zero attached hydrogens (tertiary/aromatic N) is 1. The summed E-state index contributed by atoms with van der Waals surface area (Å²) in [7, 11) is 0. The van der Waals surface area contributed by atoms with Crippen molar-refractivity contribution in [2.24, 2.45) is 11.8 Å².